The van der Waals surface area contributed by atoms with Crippen LogP contribution in [0.4, 0.5) is 0 Å². The fourth-order valence-corrected chi connectivity index (χ4v) is 3.71. The predicted octanol–water partition coefficient (Wildman–Crippen LogP) is 1.33. The van der Waals surface area contributed by atoms with E-state index in [4.69, 9.17) is 9.47 Å². The van der Waals surface area contributed by atoms with Gasteiger partial charge < -0.3 is 20.1 Å². The van der Waals surface area contributed by atoms with Crippen molar-refractivity contribution in [1.82, 2.24) is 10.6 Å². The van der Waals surface area contributed by atoms with Crippen LogP contribution in [-0.4, -0.2) is 51.1 Å². The maximum Gasteiger partial charge on any atom is 0.0623 e. The smallest absolute Gasteiger partial charge is 0.0623 e. The largest absolute Gasteiger partial charge is 0.380 e. The van der Waals surface area contributed by atoms with Crippen molar-refractivity contribution in [3.63, 3.8) is 0 Å². The molecule has 4 nitrogen and oxygen atoms in total. The molecule has 0 bridgehead atoms. The van der Waals surface area contributed by atoms with E-state index in [2.05, 4.69) is 10.6 Å². The molecule has 0 amide bonds. The summed E-state index contributed by atoms with van der Waals surface area (Å²) < 4.78 is 11.2. The van der Waals surface area contributed by atoms with Crippen molar-refractivity contribution >= 4 is 12.4 Å². The summed E-state index contributed by atoms with van der Waals surface area (Å²) >= 11 is 0. The van der Waals surface area contributed by atoms with Crippen molar-refractivity contribution < 1.29 is 9.47 Å². The lowest BCUT2D eigenvalue weighted by molar-refractivity contribution is 0.0418. The molecular weight excluding hydrogens is 264 g/mol. The summed E-state index contributed by atoms with van der Waals surface area (Å²) in [4.78, 5) is 0. The third-order valence-corrected chi connectivity index (χ3v) is 4.65. The van der Waals surface area contributed by atoms with Gasteiger partial charge in [0, 0.05) is 31.3 Å². The highest BCUT2D eigenvalue weighted by molar-refractivity contribution is 5.85. The monoisotopic (exact) mass is 290 g/mol. The summed E-state index contributed by atoms with van der Waals surface area (Å²) in [6.45, 7) is 4.63. The molecule has 4 unspecified atom stereocenters. The minimum atomic E-state index is 0. The molecule has 0 radical (unpaired) electrons. The van der Waals surface area contributed by atoms with Gasteiger partial charge in [-0.05, 0) is 31.6 Å². The van der Waals surface area contributed by atoms with Gasteiger partial charge in [0.1, 0.15) is 0 Å². The van der Waals surface area contributed by atoms with Crippen molar-refractivity contribution in [2.45, 2.75) is 50.2 Å². The Kier molecular flexibility index (Phi) is 6.36. The van der Waals surface area contributed by atoms with Crippen LogP contribution in [0.2, 0.25) is 0 Å². The third kappa shape index (κ3) is 4.05. The second-order valence-electron chi connectivity index (χ2n) is 5.92. The molecule has 2 heterocycles. The Balaban J connectivity index is 0.00000133. The fraction of sp³-hybridized carbons (Fsp3) is 1.00. The van der Waals surface area contributed by atoms with E-state index in [0.717, 1.165) is 38.9 Å². The minimum Gasteiger partial charge on any atom is -0.380 e. The van der Waals surface area contributed by atoms with Gasteiger partial charge in [0.2, 0.25) is 0 Å². The molecule has 3 aliphatic rings. The number of hydrogen-bond acceptors (Lipinski definition) is 4. The molecule has 2 N–H and O–H groups in total. The van der Waals surface area contributed by atoms with E-state index in [0.29, 0.717) is 18.1 Å². The third-order valence-electron chi connectivity index (χ3n) is 4.65. The van der Waals surface area contributed by atoms with Crippen molar-refractivity contribution in [2.75, 3.05) is 33.0 Å². The summed E-state index contributed by atoms with van der Waals surface area (Å²) in [6, 6.07) is 1.80. The lowest BCUT2D eigenvalue weighted by atomic mass is 9.93. The second kappa shape index (κ2) is 7.79. The molecule has 2 saturated heterocycles. The van der Waals surface area contributed by atoms with Crippen LogP contribution >= 0.6 is 12.4 Å². The number of morpholine rings is 1. The molecule has 2 aliphatic heterocycles. The number of nitrogens with one attached hydrogen (secondary N) is 2. The maximum atomic E-state index is 5.62. The van der Waals surface area contributed by atoms with Gasteiger partial charge in [0.15, 0.2) is 0 Å². The van der Waals surface area contributed by atoms with Crippen molar-refractivity contribution in [3.8, 4) is 0 Å². The van der Waals surface area contributed by atoms with E-state index in [1.165, 1.54) is 32.1 Å². The van der Waals surface area contributed by atoms with E-state index in [-0.39, 0.29) is 12.4 Å². The van der Waals surface area contributed by atoms with E-state index < -0.39 is 0 Å². The number of halogens is 1. The Labute approximate surface area is 122 Å². The summed E-state index contributed by atoms with van der Waals surface area (Å²) in [5.74, 6) is 0.743. The number of hydrogen-bond donors (Lipinski definition) is 2. The molecule has 0 aromatic carbocycles. The van der Waals surface area contributed by atoms with Gasteiger partial charge in [-0.3, -0.25) is 0 Å². The molecule has 1 saturated carbocycles. The van der Waals surface area contributed by atoms with Crippen LogP contribution in [0.25, 0.3) is 0 Å². The van der Waals surface area contributed by atoms with Crippen LogP contribution < -0.4 is 10.6 Å². The summed E-state index contributed by atoms with van der Waals surface area (Å²) in [7, 11) is 0. The summed E-state index contributed by atoms with van der Waals surface area (Å²) in [6.07, 6.45) is 6.50. The predicted molar refractivity (Wildman–Crippen MR) is 78.0 cm³/mol. The van der Waals surface area contributed by atoms with Crippen molar-refractivity contribution in [1.29, 1.82) is 0 Å². The zero-order valence-corrected chi connectivity index (χ0v) is 12.4. The van der Waals surface area contributed by atoms with Crippen LogP contribution in [-0.2, 0) is 9.47 Å². The molecule has 0 spiro atoms. The van der Waals surface area contributed by atoms with E-state index in [1.807, 2.05) is 0 Å². The van der Waals surface area contributed by atoms with Gasteiger partial charge >= 0.3 is 0 Å². The Morgan fingerprint density at radius 1 is 0.947 bits per heavy atom. The molecule has 5 heteroatoms. The Morgan fingerprint density at radius 2 is 1.84 bits per heavy atom. The summed E-state index contributed by atoms with van der Waals surface area (Å²) in [5, 5.41) is 7.48. The van der Waals surface area contributed by atoms with Gasteiger partial charge in [-0.2, -0.15) is 0 Å². The van der Waals surface area contributed by atoms with E-state index in [9.17, 15) is 0 Å². The molecular formula is C14H27ClN2O2. The van der Waals surface area contributed by atoms with Crippen LogP contribution in [0, 0.1) is 5.92 Å². The van der Waals surface area contributed by atoms with Crippen molar-refractivity contribution in [2.24, 2.45) is 5.92 Å². The van der Waals surface area contributed by atoms with Crippen LogP contribution in [0.15, 0.2) is 0 Å². The van der Waals surface area contributed by atoms with Crippen LogP contribution in [0.3, 0.4) is 0 Å². The van der Waals surface area contributed by atoms with Gasteiger partial charge in [-0.15, -0.1) is 12.4 Å². The first kappa shape index (κ1) is 15.5. The van der Waals surface area contributed by atoms with Gasteiger partial charge in [0.05, 0.1) is 19.8 Å². The first-order valence-electron chi connectivity index (χ1n) is 7.58. The van der Waals surface area contributed by atoms with E-state index >= 15 is 0 Å². The molecule has 4 atom stereocenters. The lowest BCUT2D eigenvalue weighted by Crippen LogP contribution is -2.53. The average molecular weight is 291 g/mol. The van der Waals surface area contributed by atoms with Gasteiger partial charge in [0.25, 0.3) is 0 Å². The first-order valence-corrected chi connectivity index (χ1v) is 7.58. The SMILES string of the molecule is C1COCC(NC2CCCC2C2COCCN2)C1.Cl. The lowest BCUT2D eigenvalue weighted by Gasteiger charge is -2.35. The highest BCUT2D eigenvalue weighted by atomic mass is 35.5. The zero-order valence-electron chi connectivity index (χ0n) is 11.6. The molecule has 3 rings (SSSR count). The first-order chi connectivity index (χ1) is 8.93. The van der Waals surface area contributed by atoms with Gasteiger partial charge in [-0.1, -0.05) is 6.42 Å². The average Bonchev–Trinajstić information content (AvgIpc) is 2.89. The number of rotatable bonds is 3. The highest BCUT2D eigenvalue weighted by Crippen LogP contribution is 2.30. The fourth-order valence-electron chi connectivity index (χ4n) is 3.71. The van der Waals surface area contributed by atoms with Crippen molar-refractivity contribution in [3.05, 3.63) is 0 Å². The molecule has 112 valence electrons. The Morgan fingerprint density at radius 3 is 2.58 bits per heavy atom. The Bertz CT molecular complexity index is 256. The van der Waals surface area contributed by atoms with Gasteiger partial charge in [-0.25, -0.2) is 0 Å². The molecule has 3 fully saturated rings. The molecule has 0 aromatic heterocycles. The zero-order chi connectivity index (χ0) is 12.2. The molecule has 0 aromatic rings. The quantitative estimate of drug-likeness (QED) is 0.823. The van der Waals surface area contributed by atoms with Crippen LogP contribution in [0.1, 0.15) is 32.1 Å². The molecule has 19 heavy (non-hydrogen) atoms. The maximum absolute atomic E-state index is 5.62. The van der Waals surface area contributed by atoms with E-state index in [1.54, 1.807) is 0 Å². The standard InChI is InChI=1S/C14H26N2O2.ClH/c1-4-12(14-10-18-8-6-15-14)13(5-1)16-11-3-2-7-17-9-11;/h11-16H,1-10H2;1H. The normalized spacial score (nSPS) is 39.8. The Hall–Kier alpha value is 0.130. The minimum absolute atomic E-state index is 0. The highest BCUT2D eigenvalue weighted by Gasteiger charge is 2.35. The summed E-state index contributed by atoms with van der Waals surface area (Å²) in [5.41, 5.74) is 0. The topological polar surface area (TPSA) is 42.5 Å². The van der Waals surface area contributed by atoms with Crippen LogP contribution in [0.5, 0.6) is 0 Å². The number of ether oxygens (including phenoxy) is 2. The second-order valence-corrected chi connectivity index (χ2v) is 5.92. The molecule has 1 aliphatic carbocycles.